The minimum absolute atomic E-state index is 0.102. The van der Waals surface area contributed by atoms with Crippen LogP contribution in [0.15, 0.2) is 17.2 Å². The van der Waals surface area contributed by atoms with E-state index in [1.54, 1.807) is 0 Å². The van der Waals surface area contributed by atoms with Gasteiger partial charge in [0.2, 0.25) is 10.0 Å². The Morgan fingerprint density at radius 1 is 1.58 bits per heavy atom. The number of nitrogens with two attached hydrogens (primary N) is 1. The van der Waals surface area contributed by atoms with Crippen molar-refractivity contribution < 1.29 is 8.42 Å². The molecule has 0 aliphatic heterocycles. The van der Waals surface area contributed by atoms with Crippen LogP contribution in [-0.4, -0.2) is 13.4 Å². The summed E-state index contributed by atoms with van der Waals surface area (Å²) in [7, 11) is -3.76. The molecule has 0 aromatic carbocycles. The summed E-state index contributed by atoms with van der Waals surface area (Å²) in [6.07, 6.45) is 1.42. The molecule has 0 radical (unpaired) electrons. The van der Waals surface area contributed by atoms with Crippen LogP contribution in [0.5, 0.6) is 0 Å². The molecule has 6 heteroatoms. The molecule has 0 unspecified atom stereocenters. The van der Waals surface area contributed by atoms with Gasteiger partial charge in [0.15, 0.2) is 0 Å². The Morgan fingerprint density at radius 2 is 2.17 bits per heavy atom. The summed E-state index contributed by atoms with van der Waals surface area (Å²) in [5.41, 5.74) is 0.310. The molecule has 0 atom stereocenters. The summed E-state index contributed by atoms with van der Waals surface area (Å²) in [5, 5.41) is 5.01. The lowest BCUT2D eigenvalue weighted by molar-refractivity contribution is 0.596. The fraction of sp³-hybridized carbons (Fsp3) is 0.167. The molecular formula is C6H7ClN2O2S. The minimum Gasteiger partial charge on any atom is -0.260 e. The van der Waals surface area contributed by atoms with Crippen LogP contribution < -0.4 is 5.14 Å². The van der Waals surface area contributed by atoms with E-state index >= 15 is 0 Å². The zero-order valence-corrected chi connectivity index (χ0v) is 7.85. The lowest BCUT2D eigenvalue weighted by Gasteiger charge is -2.02. The van der Waals surface area contributed by atoms with E-state index < -0.39 is 10.0 Å². The fourth-order valence-corrected chi connectivity index (χ4v) is 2.18. The van der Waals surface area contributed by atoms with E-state index in [9.17, 15) is 8.42 Å². The zero-order chi connectivity index (χ0) is 9.35. The molecule has 4 nitrogen and oxygen atoms in total. The molecule has 2 N–H and O–H groups in total. The smallest absolute Gasteiger partial charge is 0.241 e. The van der Waals surface area contributed by atoms with E-state index in [2.05, 4.69) is 4.98 Å². The molecule has 0 saturated heterocycles. The molecule has 0 saturated carbocycles. The molecule has 0 amide bonds. The number of sulfonamides is 1. The molecule has 0 bridgehead atoms. The first-order chi connectivity index (χ1) is 5.43. The van der Waals surface area contributed by atoms with Crippen LogP contribution in [0.25, 0.3) is 0 Å². The maximum Gasteiger partial charge on any atom is 0.241 e. The first-order valence-corrected chi connectivity index (χ1v) is 4.99. The quantitative estimate of drug-likeness (QED) is 0.735. The molecule has 0 spiro atoms. The number of hydrogen-bond donors (Lipinski definition) is 1. The van der Waals surface area contributed by atoms with Gasteiger partial charge in [0.05, 0.1) is 10.7 Å². The molecular weight excluding hydrogens is 200 g/mol. The summed E-state index contributed by atoms with van der Waals surface area (Å²) in [4.78, 5) is 3.66. The van der Waals surface area contributed by atoms with Crippen molar-refractivity contribution in [3.05, 3.63) is 23.0 Å². The number of rotatable bonds is 1. The van der Waals surface area contributed by atoms with Gasteiger partial charge >= 0.3 is 0 Å². The van der Waals surface area contributed by atoms with Crippen LogP contribution in [0.2, 0.25) is 5.02 Å². The largest absolute Gasteiger partial charge is 0.260 e. The minimum atomic E-state index is -3.76. The molecule has 1 aromatic heterocycles. The summed E-state index contributed by atoms with van der Waals surface area (Å²) in [6.45, 7) is 1.53. The van der Waals surface area contributed by atoms with E-state index in [0.29, 0.717) is 5.69 Å². The fourth-order valence-electron chi connectivity index (χ4n) is 0.863. The summed E-state index contributed by atoms with van der Waals surface area (Å²) in [6, 6.07) is 1.38. The van der Waals surface area contributed by atoms with Gasteiger partial charge in [-0.1, -0.05) is 11.6 Å². The molecule has 1 rings (SSSR count). The van der Waals surface area contributed by atoms with Gasteiger partial charge in [-0.3, -0.25) is 4.98 Å². The molecule has 1 aromatic rings. The third-order valence-electron chi connectivity index (χ3n) is 1.32. The maximum absolute atomic E-state index is 10.9. The highest BCUT2D eigenvalue weighted by atomic mass is 35.5. The van der Waals surface area contributed by atoms with Gasteiger partial charge in [0.1, 0.15) is 4.90 Å². The number of nitrogens with zero attached hydrogens (tertiary/aromatic N) is 1. The van der Waals surface area contributed by atoms with Crippen molar-refractivity contribution in [2.75, 3.05) is 0 Å². The molecule has 0 fully saturated rings. The number of aromatic nitrogens is 1. The number of hydrogen-bond acceptors (Lipinski definition) is 3. The van der Waals surface area contributed by atoms with Gasteiger partial charge in [-0.05, 0) is 13.0 Å². The van der Waals surface area contributed by atoms with E-state index in [1.165, 1.54) is 19.2 Å². The second-order valence-corrected chi connectivity index (χ2v) is 4.16. The Balaban J connectivity index is 3.53. The number of halogens is 1. The SMILES string of the molecule is Cc1nccc(Cl)c1S(N)(=O)=O. The van der Waals surface area contributed by atoms with E-state index in [0.717, 1.165) is 0 Å². The number of primary sulfonamides is 1. The third kappa shape index (κ3) is 1.74. The third-order valence-corrected chi connectivity index (χ3v) is 2.83. The molecule has 12 heavy (non-hydrogen) atoms. The van der Waals surface area contributed by atoms with Gasteiger partial charge in [-0.2, -0.15) is 0 Å². The Labute approximate surface area is 75.4 Å². The van der Waals surface area contributed by atoms with Crippen LogP contribution in [-0.2, 0) is 10.0 Å². The molecule has 1 heterocycles. The highest BCUT2D eigenvalue weighted by molar-refractivity contribution is 7.89. The molecule has 0 aliphatic carbocycles. The highest BCUT2D eigenvalue weighted by Crippen LogP contribution is 2.21. The van der Waals surface area contributed by atoms with Crippen LogP contribution in [0.4, 0.5) is 0 Å². The van der Waals surface area contributed by atoms with Crippen molar-refractivity contribution in [2.45, 2.75) is 11.8 Å². The van der Waals surface area contributed by atoms with Crippen LogP contribution in [0.3, 0.4) is 0 Å². The highest BCUT2D eigenvalue weighted by Gasteiger charge is 2.15. The van der Waals surface area contributed by atoms with Crippen molar-refractivity contribution >= 4 is 21.6 Å². The lowest BCUT2D eigenvalue weighted by atomic mass is 10.4. The summed E-state index contributed by atoms with van der Waals surface area (Å²) >= 11 is 5.61. The van der Waals surface area contributed by atoms with Crippen LogP contribution in [0, 0.1) is 6.92 Å². The van der Waals surface area contributed by atoms with Gasteiger partial charge in [0, 0.05) is 6.20 Å². The average Bonchev–Trinajstić information content (AvgIpc) is 1.82. The Kier molecular flexibility index (Phi) is 2.36. The second kappa shape index (κ2) is 3.01. The lowest BCUT2D eigenvalue weighted by Crippen LogP contribution is -2.14. The second-order valence-electron chi connectivity index (χ2n) is 2.25. The van der Waals surface area contributed by atoms with E-state index in [-0.39, 0.29) is 9.92 Å². The van der Waals surface area contributed by atoms with Crippen LogP contribution in [0.1, 0.15) is 5.69 Å². The number of aryl methyl sites for hydroxylation is 1. The molecule has 0 aliphatic rings. The average molecular weight is 207 g/mol. The van der Waals surface area contributed by atoms with Crippen LogP contribution >= 0.6 is 11.6 Å². The Hall–Kier alpha value is -0.650. The predicted molar refractivity (Wildman–Crippen MR) is 45.4 cm³/mol. The zero-order valence-electron chi connectivity index (χ0n) is 6.28. The Bertz CT molecular complexity index is 382. The van der Waals surface area contributed by atoms with Gasteiger partial charge in [-0.25, -0.2) is 13.6 Å². The molecule has 66 valence electrons. The first kappa shape index (κ1) is 9.44. The summed E-state index contributed by atoms with van der Waals surface area (Å²) in [5.74, 6) is 0. The van der Waals surface area contributed by atoms with E-state index in [1.807, 2.05) is 0 Å². The van der Waals surface area contributed by atoms with Crippen molar-refractivity contribution in [1.29, 1.82) is 0 Å². The topological polar surface area (TPSA) is 73.0 Å². The van der Waals surface area contributed by atoms with Crippen molar-refractivity contribution in [3.8, 4) is 0 Å². The Morgan fingerprint density at radius 3 is 2.50 bits per heavy atom. The predicted octanol–water partition coefficient (Wildman–Crippen LogP) is 0.691. The summed E-state index contributed by atoms with van der Waals surface area (Å²) < 4.78 is 21.9. The van der Waals surface area contributed by atoms with Gasteiger partial charge < -0.3 is 0 Å². The van der Waals surface area contributed by atoms with Gasteiger partial charge in [-0.15, -0.1) is 0 Å². The standard InChI is InChI=1S/C6H7ClN2O2S/c1-4-6(12(8,10)11)5(7)2-3-9-4/h2-3H,1H3,(H2,8,10,11). The normalized spacial score (nSPS) is 11.6. The van der Waals surface area contributed by atoms with Gasteiger partial charge in [0.25, 0.3) is 0 Å². The van der Waals surface area contributed by atoms with Crippen molar-refractivity contribution in [1.82, 2.24) is 4.98 Å². The maximum atomic E-state index is 10.9. The first-order valence-electron chi connectivity index (χ1n) is 3.07. The monoisotopic (exact) mass is 206 g/mol. The van der Waals surface area contributed by atoms with Crippen molar-refractivity contribution in [2.24, 2.45) is 5.14 Å². The van der Waals surface area contributed by atoms with E-state index in [4.69, 9.17) is 16.7 Å². The van der Waals surface area contributed by atoms with Crippen molar-refractivity contribution in [3.63, 3.8) is 0 Å². The number of pyridine rings is 1.